The van der Waals surface area contributed by atoms with Crippen molar-refractivity contribution < 1.29 is 0 Å². The van der Waals surface area contributed by atoms with Crippen LogP contribution in [0, 0.1) is 20.8 Å². The van der Waals surface area contributed by atoms with Gasteiger partial charge in [0.2, 0.25) is 0 Å². The molecule has 0 bridgehead atoms. The maximum absolute atomic E-state index is 3.75. The molecule has 0 amide bonds. The average Bonchev–Trinajstić information content (AvgIpc) is 2.39. The summed E-state index contributed by atoms with van der Waals surface area (Å²) in [6.07, 6.45) is 5.46. The number of aryl methyl sites for hydroxylation is 3. The topological polar surface area (TPSA) is 24.1 Å². The quantitative estimate of drug-likeness (QED) is 0.428. The highest BCUT2D eigenvalue weighted by atomic mass is 32.2. The molecule has 0 aliphatic heterocycles. The van der Waals surface area contributed by atoms with Crippen molar-refractivity contribution in [2.75, 3.05) is 13.1 Å². The molecular formula is C17H24N2S. The Morgan fingerprint density at radius 3 is 2.35 bits per heavy atom. The summed E-state index contributed by atoms with van der Waals surface area (Å²) in [6, 6.07) is 4.44. The maximum Gasteiger partial charge on any atom is 0.0334 e. The number of nitrogens with one attached hydrogen (secondary N) is 2. The lowest BCUT2D eigenvalue weighted by atomic mass is 10.1. The summed E-state index contributed by atoms with van der Waals surface area (Å²) in [4.78, 5) is 1.32. The molecule has 0 aliphatic rings. The third-order valence-corrected chi connectivity index (χ3v) is 4.05. The predicted octanol–water partition coefficient (Wildman–Crippen LogP) is 4.05. The second-order valence-electron chi connectivity index (χ2n) is 4.71. The van der Waals surface area contributed by atoms with E-state index in [1.165, 1.54) is 21.6 Å². The van der Waals surface area contributed by atoms with Crippen LogP contribution in [0.3, 0.4) is 0 Å². The van der Waals surface area contributed by atoms with Crippen molar-refractivity contribution in [3.8, 4) is 0 Å². The van der Waals surface area contributed by atoms with Gasteiger partial charge in [-0.2, -0.15) is 0 Å². The van der Waals surface area contributed by atoms with Gasteiger partial charge in [0.1, 0.15) is 0 Å². The van der Waals surface area contributed by atoms with Crippen LogP contribution < -0.4 is 10.0 Å². The lowest BCUT2D eigenvalue weighted by molar-refractivity contribution is 0.787. The molecule has 1 rings (SSSR count). The van der Waals surface area contributed by atoms with Crippen LogP contribution in [0.15, 0.2) is 54.1 Å². The molecule has 0 aromatic heterocycles. The summed E-state index contributed by atoms with van der Waals surface area (Å²) in [5.74, 6) is 0. The zero-order valence-corrected chi connectivity index (χ0v) is 13.4. The lowest BCUT2D eigenvalue weighted by Gasteiger charge is -2.12. The van der Waals surface area contributed by atoms with Crippen molar-refractivity contribution in [2.24, 2.45) is 0 Å². The molecule has 3 heteroatoms. The Bertz CT molecular complexity index is 481. The SMILES string of the molecule is C=C/C=C(\C=C)NCCNSc1c(C)cc(C)cc1C. The van der Waals surface area contributed by atoms with E-state index in [9.17, 15) is 0 Å². The summed E-state index contributed by atoms with van der Waals surface area (Å²) in [5, 5.41) is 3.29. The van der Waals surface area contributed by atoms with Crippen molar-refractivity contribution >= 4 is 11.9 Å². The van der Waals surface area contributed by atoms with Gasteiger partial charge in [-0.25, -0.2) is 0 Å². The zero-order chi connectivity index (χ0) is 15.0. The van der Waals surface area contributed by atoms with Crippen molar-refractivity contribution in [3.05, 3.63) is 65.9 Å². The molecule has 2 N–H and O–H groups in total. The van der Waals surface area contributed by atoms with E-state index in [-0.39, 0.29) is 0 Å². The normalized spacial score (nSPS) is 11.2. The van der Waals surface area contributed by atoms with E-state index in [1.807, 2.05) is 6.08 Å². The first-order valence-electron chi connectivity index (χ1n) is 6.75. The van der Waals surface area contributed by atoms with E-state index in [0.29, 0.717) is 0 Å². The van der Waals surface area contributed by atoms with E-state index >= 15 is 0 Å². The Morgan fingerprint density at radius 1 is 1.15 bits per heavy atom. The van der Waals surface area contributed by atoms with Crippen LogP contribution >= 0.6 is 11.9 Å². The summed E-state index contributed by atoms with van der Waals surface area (Å²) < 4.78 is 3.39. The monoisotopic (exact) mass is 288 g/mol. The third kappa shape index (κ3) is 5.27. The van der Waals surface area contributed by atoms with Crippen LogP contribution in [0.2, 0.25) is 0 Å². The minimum absolute atomic E-state index is 0.850. The Hall–Kier alpha value is -1.45. The standard InChI is InChI=1S/C17H24N2S/c1-6-8-16(7-2)18-9-10-19-20-17-14(4)11-13(3)12-15(17)5/h6-8,11-12,18-19H,1-2,9-10H2,3-5H3/b16-8+. The van der Waals surface area contributed by atoms with Crippen LogP contribution in [-0.4, -0.2) is 13.1 Å². The van der Waals surface area contributed by atoms with Crippen LogP contribution in [0.4, 0.5) is 0 Å². The molecular weight excluding hydrogens is 264 g/mol. The summed E-state index contributed by atoms with van der Waals surface area (Å²) in [5.41, 5.74) is 4.96. The van der Waals surface area contributed by atoms with Crippen LogP contribution in [0.25, 0.3) is 0 Å². The fraction of sp³-hybridized carbons (Fsp3) is 0.294. The van der Waals surface area contributed by atoms with Gasteiger partial charge in [-0.15, -0.1) is 0 Å². The molecule has 0 radical (unpaired) electrons. The largest absolute Gasteiger partial charge is 0.384 e. The summed E-state index contributed by atoms with van der Waals surface area (Å²) in [7, 11) is 0. The van der Waals surface area contributed by atoms with Crippen molar-refractivity contribution in [1.29, 1.82) is 0 Å². The molecule has 1 aromatic rings. The van der Waals surface area contributed by atoms with E-state index in [0.717, 1.165) is 18.8 Å². The Kier molecular flexibility index (Phi) is 7.20. The van der Waals surface area contributed by atoms with E-state index in [4.69, 9.17) is 0 Å². The number of rotatable bonds is 8. The molecule has 2 nitrogen and oxygen atoms in total. The zero-order valence-electron chi connectivity index (χ0n) is 12.6. The first-order valence-corrected chi connectivity index (χ1v) is 7.56. The number of benzene rings is 1. The molecule has 0 atom stereocenters. The predicted molar refractivity (Wildman–Crippen MR) is 91.0 cm³/mol. The van der Waals surface area contributed by atoms with E-state index in [1.54, 1.807) is 24.1 Å². The fourth-order valence-electron chi connectivity index (χ4n) is 2.03. The summed E-state index contributed by atoms with van der Waals surface area (Å²) >= 11 is 1.70. The van der Waals surface area contributed by atoms with E-state index < -0.39 is 0 Å². The van der Waals surface area contributed by atoms with Gasteiger partial charge in [0.25, 0.3) is 0 Å². The van der Waals surface area contributed by atoms with Gasteiger partial charge >= 0.3 is 0 Å². The van der Waals surface area contributed by atoms with E-state index in [2.05, 4.69) is 56.1 Å². The van der Waals surface area contributed by atoms with Crippen molar-refractivity contribution in [1.82, 2.24) is 10.0 Å². The van der Waals surface area contributed by atoms with Crippen LogP contribution in [-0.2, 0) is 0 Å². The number of hydrogen-bond acceptors (Lipinski definition) is 3. The van der Waals surface area contributed by atoms with Gasteiger partial charge < -0.3 is 5.32 Å². The highest BCUT2D eigenvalue weighted by molar-refractivity contribution is 7.97. The smallest absolute Gasteiger partial charge is 0.0334 e. The molecule has 0 fully saturated rings. The Balaban J connectivity index is 2.40. The van der Waals surface area contributed by atoms with Crippen LogP contribution in [0.1, 0.15) is 16.7 Å². The molecule has 20 heavy (non-hydrogen) atoms. The van der Waals surface area contributed by atoms with Gasteiger partial charge in [-0.3, -0.25) is 4.72 Å². The fourth-order valence-corrected chi connectivity index (χ4v) is 2.82. The lowest BCUT2D eigenvalue weighted by Crippen LogP contribution is -2.22. The summed E-state index contributed by atoms with van der Waals surface area (Å²) in [6.45, 7) is 15.6. The third-order valence-electron chi connectivity index (χ3n) is 2.85. The molecule has 0 unspecified atom stereocenters. The molecule has 0 aliphatic carbocycles. The number of allylic oxidation sites excluding steroid dienone is 3. The van der Waals surface area contributed by atoms with Gasteiger partial charge in [-0.1, -0.05) is 36.9 Å². The molecule has 0 saturated carbocycles. The highest BCUT2D eigenvalue weighted by Gasteiger charge is 2.04. The second kappa shape index (κ2) is 8.67. The minimum Gasteiger partial charge on any atom is -0.384 e. The average molecular weight is 288 g/mol. The Labute approximate surface area is 127 Å². The highest BCUT2D eigenvalue weighted by Crippen LogP contribution is 2.25. The van der Waals surface area contributed by atoms with Crippen LogP contribution in [0.5, 0.6) is 0 Å². The van der Waals surface area contributed by atoms with Gasteiger partial charge in [0.15, 0.2) is 0 Å². The van der Waals surface area contributed by atoms with Crippen molar-refractivity contribution in [2.45, 2.75) is 25.7 Å². The van der Waals surface area contributed by atoms with Gasteiger partial charge in [0, 0.05) is 23.7 Å². The van der Waals surface area contributed by atoms with Gasteiger partial charge in [-0.05, 0) is 56.0 Å². The molecule has 108 valence electrons. The molecule has 0 saturated heterocycles. The molecule has 0 spiro atoms. The maximum atomic E-state index is 3.75. The second-order valence-corrected chi connectivity index (χ2v) is 5.61. The Morgan fingerprint density at radius 2 is 1.80 bits per heavy atom. The first kappa shape index (κ1) is 16.6. The first-order chi connectivity index (χ1) is 9.58. The molecule has 1 aromatic carbocycles. The molecule has 0 heterocycles. The van der Waals surface area contributed by atoms with Crippen molar-refractivity contribution in [3.63, 3.8) is 0 Å². The number of hydrogen-bond donors (Lipinski definition) is 2. The van der Waals surface area contributed by atoms with Gasteiger partial charge in [0.05, 0.1) is 0 Å². The minimum atomic E-state index is 0.850.